The summed E-state index contributed by atoms with van der Waals surface area (Å²) in [6, 6.07) is 9.53. The minimum absolute atomic E-state index is 0.0659. The first-order valence-corrected chi connectivity index (χ1v) is 6.88. The number of hydrogen-bond donors (Lipinski definition) is 1. The SMILES string of the molecule is O=C(CCC(=O)c1ccc(Cl)cc1)Nc1c(F)cccc1F. The van der Waals surface area contributed by atoms with Crippen LogP contribution in [0.3, 0.4) is 0 Å². The summed E-state index contributed by atoms with van der Waals surface area (Å²) in [7, 11) is 0. The third-order valence-corrected chi connectivity index (χ3v) is 3.22. The van der Waals surface area contributed by atoms with Crippen molar-refractivity contribution < 1.29 is 18.4 Å². The van der Waals surface area contributed by atoms with Crippen molar-refractivity contribution in [2.45, 2.75) is 12.8 Å². The predicted octanol–water partition coefficient (Wildman–Crippen LogP) is 4.22. The first kappa shape index (κ1) is 16.1. The molecule has 3 nitrogen and oxygen atoms in total. The number of halogens is 3. The molecule has 0 spiro atoms. The van der Waals surface area contributed by atoms with Crippen LogP contribution in [0.1, 0.15) is 23.2 Å². The summed E-state index contributed by atoms with van der Waals surface area (Å²) in [5.74, 6) is -2.61. The fourth-order valence-electron chi connectivity index (χ4n) is 1.83. The molecule has 0 aliphatic carbocycles. The fraction of sp³-hybridized carbons (Fsp3) is 0.125. The number of amides is 1. The van der Waals surface area contributed by atoms with Crippen molar-refractivity contribution in [3.05, 3.63) is 64.7 Å². The molecule has 0 fully saturated rings. The standard InChI is InChI=1S/C16H12ClF2NO2/c17-11-6-4-10(5-7-11)14(21)8-9-15(22)20-16-12(18)2-1-3-13(16)19/h1-7H,8-9H2,(H,20,22). The van der Waals surface area contributed by atoms with Gasteiger partial charge in [-0.1, -0.05) is 17.7 Å². The number of anilines is 1. The van der Waals surface area contributed by atoms with Crippen LogP contribution >= 0.6 is 11.6 Å². The van der Waals surface area contributed by atoms with E-state index in [1.54, 1.807) is 24.3 Å². The van der Waals surface area contributed by atoms with Crippen molar-refractivity contribution in [1.82, 2.24) is 0 Å². The molecule has 0 radical (unpaired) electrons. The summed E-state index contributed by atoms with van der Waals surface area (Å²) in [4.78, 5) is 23.6. The maximum absolute atomic E-state index is 13.4. The number of rotatable bonds is 5. The average molecular weight is 324 g/mol. The Hall–Kier alpha value is -2.27. The first-order valence-electron chi connectivity index (χ1n) is 6.50. The van der Waals surface area contributed by atoms with E-state index in [-0.39, 0.29) is 18.6 Å². The van der Waals surface area contributed by atoms with Crippen molar-refractivity contribution in [3.8, 4) is 0 Å². The predicted molar refractivity (Wildman–Crippen MR) is 80.0 cm³/mol. The van der Waals surface area contributed by atoms with Crippen molar-refractivity contribution in [3.63, 3.8) is 0 Å². The molecule has 1 N–H and O–H groups in total. The van der Waals surface area contributed by atoms with Gasteiger partial charge in [0.05, 0.1) is 0 Å². The normalized spacial score (nSPS) is 10.3. The molecule has 0 aromatic heterocycles. The van der Waals surface area contributed by atoms with Gasteiger partial charge >= 0.3 is 0 Å². The molecule has 0 atom stereocenters. The van der Waals surface area contributed by atoms with Gasteiger partial charge in [-0.3, -0.25) is 9.59 Å². The lowest BCUT2D eigenvalue weighted by atomic mass is 10.1. The summed E-state index contributed by atoms with van der Waals surface area (Å²) < 4.78 is 26.8. The number of Topliss-reactive ketones (excluding diaryl/α,β-unsaturated/α-hetero) is 1. The lowest BCUT2D eigenvalue weighted by Gasteiger charge is -2.07. The molecule has 22 heavy (non-hydrogen) atoms. The number of carbonyl (C=O) groups is 2. The molecule has 0 bridgehead atoms. The van der Waals surface area contributed by atoms with E-state index in [0.717, 1.165) is 12.1 Å². The number of para-hydroxylation sites is 1. The Balaban J connectivity index is 1.93. The molecule has 114 valence electrons. The number of nitrogens with one attached hydrogen (secondary N) is 1. The number of ketones is 1. The van der Waals surface area contributed by atoms with Crippen LogP contribution in [0.15, 0.2) is 42.5 Å². The van der Waals surface area contributed by atoms with Gasteiger partial charge < -0.3 is 5.32 Å². The van der Waals surface area contributed by atoms with Crippen LogP contribution in [0.2, 0.25) is 5.02 Å². The molecule has 0 saturated carbocycles. The van der Waals surface area contributed by atoms with Gasteiger partial charge in [0.1, 0.15) is 17.3 Å². The monoisotopic (exact) mass is 323 g/mol. The van der Waals surface area contributed by atoms with E-state index < -0.39 is 23.2 Å². The maximum Gasteiger partial charge on any atom is 0.224 e. The number of hydrogen-bond acceptors (Lipinski definition) is 2. The van der Waals surface area contributed by atoms with E-state index in [2.05, 4.69) is 5.32 Å². The molecule has 0 saturated heterocycles. The van der Waals surface area contributed by atoms with Gasteiger partial charge in [-0.2, -0.15) is 0 Å². The molecule has 2 aromatic carbocycles. The molecule has 0 aliphatic rings. The van der Waals surface area contributed by atoms with Crippen LogP contribution < -0.4 is 5.32 Å². The van der Waals surface area contributed by atoms with Gasteiger partial charge in [-0.25, -0.2) is 8.78 Å². The Morgan fingerprint density at radius 1 is 0.955 bits per heavy atom. The van der Waals surface area contributed by atoms with E-state index in [1.807, 2.05) is 0 Å². The van der Waals surface area contributed by atoms with Crippen LogP contribution in [0, 0.1) is 11.6 Å². The van der Waals surface area contributed by atoms with Gasteiger partial charge in [0.2, 0.25) is 5.91 Å². The zero-order valence-electron chi connectivity index (χ0n) is 11.4. The molecule has 0 aliphatic heterocycles. The number of carbonyl (C=O) groups excluding carboxylic acids is 2. The quantitative estimate of drug-likeness (QED) is 0.837. The van der Waals surface area contributed by atoms with E-state index in [1.165, 1.54) is 6.07 Å². The van der Waals surface area contributed by atoms with Gasteiger partial charge in [-0.15, -0.1) is 0 Å². The Morgan fingerprint density at radius 2 is 1.55 bits per heavy atom. The third-order valence-electron chi connectivity index (χ3n) is 2.97. The highest BCUT2D eigenvalue weighted by molar-refractivity contribution is 6.30. The zero-order chi connectivity index (χ0) is 16.1. The topological polar surface area (TPSA) is 46.2 Å². The Morgan fingerprint density at radius 3 is 2.14 bits per heavy atom. The van der Waals surface area contributed by atoms with Crippen LogP contribution in [-0.2, 0) is 4.79 Å². The lowest BCUT2D eigenvalue weighted by Crippen LogP contribution is -2.15. The van der Waals surface area contributed by atoms with Gasteiger partial charge in [0.25, 0.3) is 0 Å². The molecule has 2 aromatic rings. The Bertz CT molecular complexity index is 682. The maximum atomic E-state index is 13.4. The van der Waals surface area contributed by atoms with E-state index in [4.69, 9.17) is 11.6 Å². The highest BCUT2D eigenvalue weighted by atomic mass is 35.5. The van der Waals surface area contributed by atoms with Crippen LogP contribution in [0.4, 0.5) is 14.5 Å². The van der Waals surface area contributed by atoms with Gasteiger partial charge in [-0.05, 0) is 36.4 Å². The minimum Gasteiger partial charge on any atom is -0.321 e. The summed E-state index contributed by atoms with van der Waals surface area (Å²) in [6.07, 6.45) is -0.237. The van der Waals surface area contributed by atoms with E-state index >= 15 is 0 Å². The molecule has 6 heteroatoms. The minimum atomic E-state index is -0.864. The second kappa shape index (κ2) is 7.13. The van der Waals surface area contributed by atoms with Gasteiger partial charge in [0, 0.05) is 23.4 Å². The second-order valence-electron chi connectivity index (χ2n) is 4.57. The smallest absolute Gasteiger partial charge is 0.224 e. The van der Waals surface area contributed by atoms with Gasteiger partial charge in [0.15, 0.2) is 5.78 Å². The highest BCUT2D eigenvalue weighted by Crippen LogP contribution is 2.18. The molecule has 0 heterocycles. The average Bonchev–Trinajstić information content (AvgIpc) is 2.49. The van der Waals surface area contributed by atoms with Crippen molar-refractivity contribution >= 4 is 29.0 Å². The lowest BCUT2D eigenvalue weighted by molar-refractivity contribution is -0.116. The molecule has 2 rings (SSSR count). The fourth-order valence-corrected chi connectivity index (χ4v) is 1.95. The van der Waals surface area contributed by atoms with Crippen molar-refractivity contribution in [1.29, 1.82) is 0 Å². The number of benzene rings is 2. The molecule has 0 unspecified atom stereocenters. The van der Waals surface area contributed by atoms with E-state index in [0.29, 0.717) is 10.6 Å². The largest absolute Gasteiger partial charge is 0.321 e. The van der Waals surface area contributed by atoms with Crippen molar-refractivity contribution in [2.24, 2.45) is 0 Å². The summed E-state index contributed by atoms with van der Waals surface area (Å²) in [5, 5.41) is 2.64. The highest BCUT2D eigenvalue weighted by Gasteiger charge is 2.13. The molecule has 1 amide bonds. The summed E-state index contributed by atoms with van der Waals surface area (Å²) >= 11 is 5.72. The molecular weight excluding hydrogens is 312 g/mol. The second-order valence-corrected chi connectivity index (χ2v) is 5.01. The third kappa shape index (κ3) is 4.11. The van der Waals surface area contributed by atoms with Crippen LogP contribution in [0.25, 0.3) is 0 Å². The van der Waals surface area contributed by atoms with E-state index in [9.17, 15) is 18.4 Å². The summed E-state index contributed by atoms with van der Waals surface area (Å²) in [6.45, 7) is 0. The Kier molecular flexibility index (Phi) is 5.22. The van der Waals surface area contributed by atoms with Crippen LogP contribution in [-0.4, -0.2) is 11.7 Å². The first-order chi connectivity index (χ1) is 10.5. The summed E-state index contributed by atoms with van der Waals surface area (Å²) in [5.41, 5.74) is -0.0827. The van der Waals surface area contributed by atoms with Crippen LogP contribution in [0.5, 0.6) is 0 Å². The zero-order valence-corrected chi connectivity index (χ0v) is 12.2. The molecular formula is C16H12ClF2NO2. The Labute approximate surface area is 130 Å². The van der Waals surface area contributed by atoms with Crippen molar-refractivity contribution in [2.75, 3.05) is 5.32 Å².